The van der Waals surface area contributed by atoms with Crippen LogP contribution in [0.5, 0.6) is 0 Å². The monoisotopic (exact) mass is 213 g/mol. The minimum absolute atomic E-state index is 0.0943. The Labute approximate surface area is 87.9 Å². The van der Waals surface area contributed by atoms with E-state index in [4.69, 9.17) is 14.6 Å². The smallest absolute Gasteiger partial charge is 0.407 e. The average molecular weight is 213 g/mol. The Hall–Kier alpha value is -1.49. The van der Waals surface area contributed by atoms with Gasteiger partial charge in [-0.05, 0) is 12.1 Å². The predicted octanol–water partition coefficient (Wildman–Crippen LogP) is 1.56. The van der Waals surface area contributed by atoms with Gasteiger partial charge in [-0.15, -0.1) is 0 Å². The van der Waals surface area contributed by atoms with E-state index >= 15 is 0 Å². The van der Waals surface area contributed by atoms with Crippen LogP contribution in [0.3, 0.4) is 0 Å². The number of hydrogen-bond acceptors (Lipinski definition) is 3. The molecule has 0 unspecified atom stereocenters. The summed E-state index contributed by atoms with van der Waals surface area (Å²) in [6, 6.07) is 2.95. The second-order valence-electron chi connectivity index (χ2n) is 3.51. The molecule has 0 spiro atoms. The van der Waals surface area contributed by atoms with Gasteiger partial charge in [0.05, 0.1) is 12.3 Å². The van der Waals surface area contributed by atoms with Crippen molar-refractivity contribution in [2.24, 2.45) is 5.92 Å². The number of carbonyl (C=O) groups is 1. The van der Waals surface area contributed by atoms with Crippen molar-refractivity contribution in [1.29, 1.82) is 0 Å². The van der Waals surface area contributed by atoms with Gasteiger partial charge in [0.1, 0.15) is 5.76 Å². The molecular weight excluding hydrogens is 198 g/mol. The Morgan fingerprint density at radius 1 is 1.67 bits per heavy atom. The Morgan fingerprint density at radius 3 is 2.73 bits per heavy atom. The molecule has 1 aromatic rings. The molecule has 1 amide bonds. The molecule has 0 bridgehead atoms. The first-order chi connectivity index (χ1) is 7.07. The largest absolute Gasteiger partial charge is 0.467 e. The first kappa shape index (κ1) is 11.6. The number of carboxylic acid groups (broad SMARTS) is 1. The zero-order valence-corrected chi connectivity index (χ0v) is 8.75. The average Bonchev–Trinajstić information content (AvgIpc) is 2.70. The third kappa shape index (κ3) is 2.50. The van der Waals surface area contributed by atoms with Gasteiger partial charge >= 0.3 is 6.09 Å². The van der Waals surface area contributed by atoms with Gasteiger partial charge in [-0.2, -0.15) is 0 Å². The summed E-state index contributed by atoms with van der Waals surface area (Å²) in [7, 11) is 1.46. The second kappa shape index (κ2) is 4.84. The predicted molar refractivity (Wildman–Crippen MR) is 53.5 cm³/mol. The Kier molecular flexibility index (Phi) is 3.74. The molecule has 0 saturated carbocycles. The molecule has 0 aromatic carbocycles. The summed E-state index contributed by atoms with van der Waals surface area (Å²) in [6.45, 7) is 1.68. The van der Waals surface area contributed by atoms with E-state index in [-0.39, 0.29) is 12.5 Å². The Morgan fingerprint density at radius 2 is 2.33 bits per heavy atom. The fourth-order valence-electron chi connectivity index (χ4n) is 1.53. The minimum atomic E-state index is -1.04. The van der Waals surface area contributed by atoms with Crippen LogP contribution in [0.1, 0.15) is 18.7 Å². The van der Waals surface area contributed by atoms with Gasteiger partial charge in [-0.25, -0.2) is 4.79 Å². The van der Waals surface area contributed by atoms with Crippen molar-refractivity contribution in [3.8, 4) is 0 Å². The van der Waals surface area contributed by atoms with E-state index in [2.05, 4.69) is 0 Å². The van der Waals surface area contributed by atoms with Crippen molar-refractivity contribution in [3.63, 3.8) is 0 Å². The summed E-state index contributed by atoms with van der Waals surface area (Å²) in [5.74, 6) is 0.332. The van der Waals surface area contributed by atoms with Gasteiger partial charge in [0.25, 0.3) is 0 Å². The van der Waals surface area contributed by atoms with Crippen LogP contribution in [0, 0.1) is 5.92 Å². The number of aliphatic hydroxyl groups is 1. The van der Waals surface area contributed by atoms with Crippen LogP contribution >= 0.6 is 0 Å². The van der Waals surface area contributed by atoms with Gasteiger partial charge in [0, 0.05) is 19.6 Å². The number of hydrogen-bond donors (Lipinski definition) is 2. The molecule has 5 heteroatoms. The van der Waals surface area contributed by atoms with Crippen molar-refractivity contribution in [1.82, 2.24) is 4.90 Å². The molecule has 5 nitrogen and oxygen atoms in total. The van der Waals surface area contributed by atoms with Gasteiger partial charge < -0.3 is 19.5 Å². The number of rotatable bonds is 4. The highest BCUT2D eigenvalue weighted by molar-refractivity contribution is 5.65. The number of aliphatic hydroxyl groups excluding tert-OH is 1. The standard InChI is InChI=1S/C10H15NO4/c1-7(6-12)9(11(2)10(13)14)8-4-3-5-15-8/h3-5,7,9,12H,6H2,1-2H3,(H,13,14)/t7-,9+/m1/s1. The first-order valence-corrected chi connectivity index (χ1v) is 4.68. The summed E-state index contributed by atoms with van der Waals surface area (Å²) in [4.78, 5) is 12.0. The van der Waals surface area contributed by atoms with Crippen LogP contribution in [-0.4, -0.2) is 34.9 Å². The van der Waals surface area contributed by atoms with Crippen molar-refractivity contribution in [2.45, 2.75) is 13.0 Å². The molecule has 0 aliphatic carbocycles. The topological polar surface area (TPSA) is 73.9 Å². The van der Waals surface area contributed by atoms with Crippen LogP contribution in [0.2, 0.25) is 0 Å². The summed E-state index contributed by atoms with van der Waals surface area (Å²) in [5.41, 5.74) is 0. The van der Waals surface area contributed by atoms with E-state index in [1.807, 2.05) is 0 Å². The summed E-state index contributed by atoms with van der Waals surface area (Å²) < 4.78 is 5.17. The van der Waals surface area contributed by atoms with E-state index in [1.54, 1.807) is 19.1 Å². The van der Waals surface area contributed by atoms with Crippen LogP contribution in [0.4, 0.5) is 4.79 Å². The Bertz CT molecular complexity index is 309. The zero-order chi connectivity index (χ0) is 11.4. The SMILES string of the molecule is C[C@H](CO)[C@@H](c1ccco1)N(C)C(=O)O. The van der Waals surface area contributed by atoms with Crippen molar-refractivity contribution in [3.05, 3.63) is 24.2 Å². The molecule has 0 radical (unpaired) electrons. The highest BCUT2D eigenvalue weighted by Crippen LogP contribution is 2.27. The Balaban J connectivity index is 2.93. The lowest BCUT2D eigenvalue weighted by Gasteiger charge is -2.28. The van der Waals surface area contributed by atoms with E-state index in [0.717, 1.165) is 4.90 Å². The van der Waals surface area contributed by atoms with E-state index in [1.165, 1.54) is 13.3 Å². The summed E-state index contributed by atoms with van der Waals surface area (Å²) in [6.07, 6.45) is 0.443. The fraction of sp³-hybridized carbons (Fsp3) is 0.500. The number of nitrogens with zero attached hydrogens (tertiary/aromatic N) is 1. The van der Waals surface area contributed by atoms with Gasteiger partial charge in [0.15, 0.2) is 0 Å². The maximum Gasteiger partial charge on any atom is 0.407 e. The molecule has 1 aromatic heterocycles. The van der Waals surface area contributed by atoms with E-state index < -0.39 is 12.1 Å². The van der Waals surface area contributed by atoms with Crippen LogP contribution in [0.15, 0.2) is 22.8 Å². The molecule has 0 saturated heterocycles. The van der Waals surface area contributed by atoms with Gasteiger partial charge in [-0.3, -0.25) is 0 Å². The molecule has 0 fully saturated rings. The van der Waals surface area contributed by atoms with E-state index in [9.17, 15) is 4.79 Å². The van der Waals surface area contributed by atoms with Crippen LogP contribution < -0.4 is 0 Å². The molecule has 84 valence electrons. The summed E-state index contributed by atoms with van der Waals surface area (Å²) >= 11 is 0. The quantitative estimate of drug-likeness (QED) is 0.795. The highest BCUT2D eigenvalue weighted by atomic mass is 16.4. The van der Waals surface area contributed by atoms with Crippen LogP contribution in [-0.2, 0) is 0 Å². The van der Waals surface area contributed by atoms with Gasteiger partial charge in [0.2, 0.25) is 0 Å². The van der Waals surface area contributed by atoms with E-state index in [0.29, 0.717) is 5.76 Å². The van der Waals surface area contributed by atoms with Crippen LogP contribution in [0.25, 0.3) is 0 Å². The maximum absolute atomic E-state index is 10.9. The second-order valence-corrected chi connectivity index (χ2v) is 3.51. The lowest BCUT2D eigenvalue weighted by Crippen LogP contribution is -2.34. The number of amides is 1. The third-order valence-corrected chi connectivity index (χ3v) is 2.38. The maximum atomic E-state index is 10.9. The molecule has 15 heavy (non-hydrogen) atoms. The number of furan rings is 1. The minimum Gasteiger partial charge on any atom is -0.467 e. The molecule has 0 aliphatic heterocycles. The summed E-state index contributed by atoms with van der Waals surface area (Å²) in [5, 5.41) is 18.0. The first-order valence-electron chi connectivity index (χ1n) is 4.68. The lowest BCUT2D eigenvalue weighted by atomic mass is 9.99. The fourth-order valence-corrected chi connectivity index (χ4v) is 1.53. The van der Waals surface area contributed by atoms with Gasteiger partial charge in [-0.1, -0.05) is 6.92 Å². The van der Waals surface area contributed by atoms with Crippen molar-refractivity contribution in [2.75, 3.05) is 13.7 Å². The normalized spacial score (nSPS) is 14.6. The van der Waals surface area contributed by atoms with Crippen molar-refractivity contribution >= 4 is 6.09 Å². The molecular formula is C10H15NO4. The molecule has 2 atom stereocenters. The molecule has 0 aliphatic rings. The molecule has 1 rings (SSSR count). The molecule has 1 heterocycles. The highest BCUT2D eigenvalue weighted by Gasteiger charge is 2.28. The van der Waals surface area contributed by atoms with Crippen molar-refractivity contribution < 1.29 is 19.4 Å². The zero-order valence-electron chi connectivity index (χ0n) is 8.75. The third-order valence-electron chi connectivity index (χ3n) is 2.38. The molecule has 2 N–H and O–H groups in total. The lowest BCUT2D eigenvalue weighted by molar-refractivity contribution is 0.0935.